The fraction of sp³-hybridized carbons (Fsp3) is 0.625. The normalized spacial score (nSPS) is 27.3. The molecule has 0 spiro atoms. The van der Waals surface area contributed by atoms with Crippen LogP contribution < -0.4 is 4.74 Å². The molecule has 0 saturated heterocycles. The second-order valence-electron chi connectivity index (χ2n) is 5.63. The molecule has 2 aliphatic rings. The Bertz CT molecular complexity index is 429. The Balaban J connectivity index is 1.81. The van der Waals surface area contributed by atoms with Crippen LogP contribution in [0, 0.1) is 0 Å². The highest BCUT2D eigenvalue weighted by Gasteiger charge is 2.36. The highest BCUT2D eigenvalue weighted by molar-refractivity contribution is 5.37. The highest BCUT2D eigenvalue weighted by Crippen LogP contribution is 2.36. The van der Waals surface area contributed by atoms with Crippen molar-refractivity contribution in [2.24, 2.45) is 0 Å². The second-order valence-corrected chi connectivity index (χ2v) is 5.63. The molecule has 0 amide bonds. The van der Waals surface area contributed by atoms with Gasteiger partial charge in [0.05, 0.1) is 6.04 Å². The van der Waals surface area contributed by atoms with Gasteiger partial charge in [0.25, 0.3) is 0 Å². The predicted octanol–water partition coefficient (Wildman–Crippen LogP) is 2.75. The summed E-state index contributed by atoms with van der Waals surface area (Å²) >= 11 is 0. The second kappa shape index (κ2) is 5.51. The summed E-state index contributed by atoms with van der Waals surface area (Å²) in [7, 11) is 0. The summed E-state index contributed by atoms with van der Waals surface area (Å²) in [5.41, 5.74) is 0.940. The lowest BCUT2D eigenvalue weighted by molar-refractivity contribution is -0.0131. The van der Waals surface area contributed by atoms with Gasteiger partial charge in [-0.25, -0.2) is 0 Å². The molecule has 1 fully saturated rings. The van der Waals surface area contributed by atoms with E-state index in [1.54, 1.807) is 0 Å². The molecule has 19 heavy (non-hydrogen) atoms. The molecule has 3 nitrogen and oxygen atoms in total. The van der Waals surface area contributed by atoms with Gasteiger partial charge in [0, 0.05) is 11.6 Å². The summed E-state index contributed by atoms with van der Waals surface area (Å²) in [6.45, 7) is 3.77. The fourth-order valence-corrected chi connectivity index (χ4v) is 3.61. The zero-order valence-electron chi connectivity index (χ0n) is 11.6. The van der Waals surface area contributed by atoms with Crippen molar-refractivity contribution in [1.29, 1.82) is 0 Å². The van der Waals surface area contributed by atoms with E-state index in [2.05, 4.69) is 11.8 Å². The quantitative estimate of drug-likeness (QED) is 0.908. The van der Waals surface area contributed by atoms with Crippen molar-refractivity contribution in [3.63, 3.8) is 0 Å². The first-order valence-corrected chi connectivity index (χ1v) is 7.46. The van der Waals surface area contributed by atoms with E-state index >= 15 is 0 Å². The van der Waals surface area contributed by atoms with Gasteiger partial charge >= 0.3 is 0 Å². The van der Waals surface area contributed by atoms with Crippen LogP contribution in [0.1, 0.15) is 44.3 Å². The zero-order chi connectivity index (χ0) is 13.2. The summed E-state index contributed by atoms with van der Waals surface area (Å²) in [5.74, 6) is 0.841. The SMILES string of the molecule is CCN(C1CCCC1)C1COc2ccccc2C1O. The maximum Gasteiger partial charge on any atom is 0.125 e. The number of likely N-dealkylation sites (N-methyl/N-ethyl adjacent to an activating group) is 1. The molecule has 1 saturated carbocycles. The number of para-hydroxylation sites is 1. The summed E-state index contributed by atoms with van der Waals surface area (Å²) in [6.07, 6.45) is 4.74. The highest BCUT2D eigenvalue weighted by atomic mass is 16.5. The average molecular weight is 261 g/mol. The van der Waals surface area contributed by atoms with Gasteiger partial charge in [-0.05, 0) is 25.5 Å². The van der Waals surface area contributed by atoms with Crippen LogP contribution in [0.2, 0.25) is 0 Å². The molecule has 2 atom stereocenters. The van der Waals surface area contributed by atoms with Crippen molar-refractivity contribution in [2.75, 3.05) is 13.2 Å². The standard InChI is InChI=1S/C16H23NO2/c1-2-17(12-7-3-4-8-12)14-11-19-15-10-6-5-9-13(15)16(14)18/h5-6,9-10,12,14,16,18H,2-4,7-8,11H2,1H3. The minimum Gasteiger partial charge on any atom is -0.491 e. The van der Waals surface area contributed by atoms with Gasteiger partial charge in [-0.15, -0.1) is 0 Å². The van der Waals surface area contributed by atoms with Gasteiger partial charge in [-0.3, -0.25) is 4.90 Å². The first kappa shape index (κ1) is 12.9. The van der Waals surface area contributed by atoms with Gasteiger partial charge in [0.15, 0.2) is 0 Å². The van der Waals surface area contributed by atoms with Crippen LogP contribution in [0.15, 0.2) is 24.3 Å². The number of hydrogen-bond acceptors (Lipinski definition) is 3. The molecule has 2 unspecified atom stereocenters. The van der Waals surface area contributed by atoms with E-state index in [1.165, 1.54) is 25.7 Å². The minimum absolute atomic E-state index is 0.1000. The summed E-state index contributed by atoms with van der Waals surface area (Å²) in [5, 5.41) is 10.7. The van der Waals surface area contributed by atoms with E-state index in [0.717, 1.165) is 17.9 Å². The number of hydrogen-bond donors (Lipinski definition) is 1. The van der Waals surface area contributed by atoms with Gasteiger partial charge in [0.2, 0.25) is 0 Å². The molecule has 3 rings (SSSR count). The van der Waals surface area contributed by atoms with Gasteiger partial charge in [0.1, 0.15) is 18.5 Å². The number of nitrogens with zero attached hydrogens (tertiary/aromatic N) is 1. The van der Waals surface area contributed by atoms with E-state index in [0.29, 0.717) is 12.6 Å². The number of aliphatic hydroxyl groups excluding tert-OH is 1. The largest absolute Gasteiger partial charge is 0.491 e. The van der Waals surface area contributed by atoms with Gasteiger partial charge in [-0.1, -0.05) is 38.0 Å². The summed E-state index contributed by atoms with van der Waals surface area (Å²) in [6, 6.07) is 8.58. The van der Waals surface area contributed by atoms with E-state index in [9.17, 15) is 5.11 Å². The zero-order valence-corrected chi connectivity index (χ0v) is 11.6. The van der Waals surface area contributed by atoms with Crippen molar-refractivity contribution in [2.45, 2.75) is 50.8 Å². The molecular weight excluding hydrogens is 238 g/mol. The van der Waals surface area contributed by atoms with Crippen molar-refractivity contribution in [1.82, 2.24) is 4.90 Å². The third kappa shape index (κ3) is 2.37. The molecule has 0 radical (unpaired) electrons. The fourth-order valence-electron chi connectivity index (χ4n) is 3.61. The van der Waals surface area contributed by atoms with Crippen LogP contribution >= 0.6 is 0 Å². The number of rotatable bonds is 3. The van der Waals surface area contributed by atoms with E-state index in [-0.39, 0.29) is 6.04 Å². The molecule has 1 aliphatic heterocycles. The van der Waals surface area contributed by atoms with Crippen molar-refractivity contribution >= 4 is 0 Å². The van der Waals surface area contributed by atoms with Crippen LogP contribution in [0.25, 0.3) is 0 Å². The molecule has 104 valence electrons. The predicted molar refractivity (Wildman–Crippen MR) is 75.3 cm³/mol. The number of fused-ring (bicyclic) bond motifs is 1. The molecule has 1 heterocycles. The molecule has 3 heteroatoms. The third-order valence-corrected chi connectivity index (χ3v) is 4.60. The van der Waals surface area contributed by atoms with Crippen molar-refractivity contribution < 1.29 is 9.84 Å². The minimum atomic E-state index is -0.425. The average Bonchev–Trinajstić information content (AvgIpc) is 2.96. The van der Waals surface area contributed by atoms with Crippen LogP contribution in [0.4, 0.5) is 0 Å². The molecule has 0 aromatic heterocycles. The maximum absolute atomic E-state index is 10.7. The van der Waals surface area contributed by atoms with E-state index in [4.69, 9.17) is 4.74 Å². The number of aliphatic hydroxyl groups is 1. The molecule has 1 aromatic rings. The molecule has 1 aliphatic carbocycles. The Morgan fingerprint density at radius 2 is 2.00 bits per heavy atom. The third-order valence-electron chi connectivity index (χ3n) is 4.60. The molecular formula is C16H23NO2. The monoisotopic (exact) mass is 261 g/mol. The Hall–Kier alpha value is -1.06. The summed E-state index contributed by atoms with van der Waals surface area (Å²) < 4.78 is 5.85. The first-order chi connectivity index (χ1) is 9.31. The van der Waals surface area contributed by atoms with Crippen LogP contribution in [-0.2, 0) is 0 Å². The Kier molecular flexibility index (Phi) is 3.76. The van der Waals surface area contributed by atoms with E-state index < -0.39 is 6.10 Å². The lowest BCUT2D eigenvalue weighted by Gasteiger charge is -2.41. The van der Waals surface area contributed by atoms with Crippen LogP contribution in [-0.4, -0.2) is 35.2 Å². The number of benzene rings is 1. The smallest absolute Gasteiger partial charge is 0.125 e. The number of ether oxygens (including phenoxy) is 1. The maximum atomic E-state index is 10.7. The Morgan fingerprint density at radius 3 is 2.74 bits per heavy atom. The van der Waals surface area contributed by atoms with Crippen molar-refractivity contribution in [3.8, 4) is 5.75 Å². The van der Waals surface area contributed by atoms with Crippen LogP contribution in [0.5, 0.6) is 5.75 Å². The summed E-state index contributed by atoms with van der Waals surface area (Å²) in [4.78, 5) is 2.45. The lowest BCUT2D eigenvalue weighted by atomic mass is 9.96. The first-order valence-electron chi connectivity index (χ1n) is 7.46. The van der Waals surface area contributed by atoms with Gasteiger partial charge < -0.3 is 9.84 Å². The lowest BCUT2D eigenvalue weighted by Crippen LogP contribution is -2.49. The van der Waals surface area contributed by atoms with Crippen LogP contribution in [0.3, 0.4) is 0 Å². The van der Waals surface area contributed by atoms with Gasteiger partial charge in [-0.2, -0.15) is 0 Å². The molecule has 1 aromatic carbocycles. The molecule has 1 N–H and O–H groups in total. The topological polar surface area (TPSA) is 32.7 Å². The van der Waals surface area contributed by atoms with E-state index in [1.807, 2.05) is 24.3 Å². The Morgan fingerprint density at radius 1 is 1.26 bits per heavy atom. The van der Waals surface area contributed by atoms with Crippen molar-refractivity contribution in [3.05, 3.63) is 29.8 Å². The Labute approximate surface area is 115 Å². The molecule has 0 bridgehead atoms.